The van der Waals surface area contributed by atoms with Crippen molar-refractivity contribution >= 4 is 58.9 Å². The van der Waals surface area contributed by atoms with Crippen molar-refractivity contribution in [3.05, 3.63) is 11.6 Å². The van der Waals surface area contributed by atoms with Gasteiger partial charge in [-0.25, -0.2) is 4.98 Å². The predicted molar refractivity (Wildman–Crippen MR) is 132 cm³/mol. The Hall–Kier alpha value is -0.630. The number of halogens is 1. The van der Waals surface area contributed by atoms with E-state index in [4.69, 9.17) is 9.73 Å². The number of hydrogen-bond donors (Lipinski definition) is 2. The Morgan fingerprint density at radius 2 is 2.14 bits per heavy atom. The molecule has 2 heterocycles. The lowest BCUT2D eigenvalue weighted by atomic mass is 10.3. The zero-order chi connectivity index (χ0) is 20.0. The summed E-state index contributed by atoms with van der Waals surface area (Å²) in [5, 5.41) is 8.27. The van der Waals surface area contributed by atoms with E-state index in [-0.39, 0.29) is 29.9 Å². The zero-order valence-electron chi connectivity index (χ0n) is 17.3. The molecule has 29 heavy (non-hydrogen) atoms. The number of nitrogens with one attached hydrogen (secondary N) is 2. The Labute approximate surface area is 199 Å². The standard InChI is InChI=1S/C18H32N6O2S2.HI/c1-3-19-17(21-5-4-13-27-18-22-7-14-28-18)24-10-8-23(9-11-24)15-16(25)20-6-12-26-2;/h7,14H,3-6,8-13,15H2,1-2H3,(H,19,21)(H,20,25);1H. The minimum absolute atomic E-state index is 0. The number of piperazine rings is 1. The highest BCUT2D eigenvalue weighted by atomic mass is 127. The number of rotatable bonds is 11. The molecule has 11 heteroatoms. The quantitative estimate of drug-likeness (QED) is 0.141. The van der Waals surface area contributed by atoms with Crippen molar-refractivity contribution in [2.24, 2.45) is 4.99 Å². The molecule has 8 nitrogen and oxygen atoms in total. The van der Waals surface area contributed by atoms with Gasteiger partial charge in [-0.05, 0) is 13.3 Å². The van der Waals surface area contributed by atoms with E-state index in [2.05, 4.69) is 32.3 Å². The van der Waals surface area contributed by atoms with E-state index >= 15 is 0 Å². The van der Waals surface area contributed by atoms with Crippen molar-refractivity contribution in [2.75, 3.05) is 71.8 Å². The van der Waals surface area contributed by atoms with Gasteiger partial charge in [0.2, 0.25) is 5.91 Å². The van der Waals surface area contributed by atoms with Crippen LogP contribution in [0.5, 0.6) is 0 Å². The molecule has 0 saturated carbocycles. The maximum Gasteiger partial charge on any atom is 0.234 e. The lowest BCUT2D eigenvalue weighted by molar-refractivity contribution is -0.122. The van der Waals surface area contributed by atoms with Gasteiger partial charge in [0.05, 0.1) is 13.2 Å². The number of thiazole rings is 1. The van der Waals surface area contributed by atoms with Gasteiger partial charge in [0.25, 0.3) is 0 Å². The highest BCUT2D eigenvalue weighted by molar-refractivity contribution is 14.0. The highest BCUT2D eigenvalue weighted by Gasteiger charge is 2.20. The van der Waals surface area contributed by atoms with Crippen LogP contribution in [0.15, 0.2) is 20.9 Å². The second-order valence-corrected chi connectivity index (χ2v) is 8.58. The van der Waals surface area contributed by atoms with Crippen LogP contribution in [-0.2, 0) is 9.53 Å². The number of nitrogens with zero attached hydrogens (tertiary/aromatic N) is 4. The van der Waals surface area contributed by atoms with Gasteiger partial charge < -0.3 is 20.3 Å². The van der Waals surface area contributed by atoms with E-state index in [1.165, 1.54) is 0 Å². The third kappa shape index (κ3) is 10.8. The Bertz CT molecular complexity index is 583. The van der Waals surface area contributed by atoms with Crippen LogP contribution in [0.1, 0.15) is 13.3 Å². The summed E-state index contributed by atoms with van der Waals surface area (Å²) in [6, 6.07) is 0. The Kier molecular flexibility index (Phi) is 14.7. The largest absolute Gasteiger partial charge is 0.383 e. The van der Waals surface area contributed by atoms with E-state index in [1.807, 2.05) is 11.6 Å². The summed E-state index contributed by atoms with van der Waals surface area (Å²) in [7, 11) is 1.63. The molecule has 1 aliphatic heterocycles. The molecule has 2 rings (SSSR count). The number of ether oxygens (including phenoxy) is 1. The summed E-state index contributed by atoms with van der Waals surface area (Å²) in [4.78, 5) is 25.5. The Balaban J connectivity index is 0.00000420. The highest BCUT2D eigenvalue weighted by Crippen LogP contribution is 2.20. The number of amides is 1. The number of carbonyl (C=O) groups excluding carboxylic acids is 1. The van der Waals surface area contributed by atoms with Gasteiger partial charge in [-0.3, -0.25) is 14.7 Å². The van der Waals surface area contributed by atoms with Gasteiger partial charge in [0, 0.05) is 70.3 Å². The van der Waals surface area contributed by atoms with Gasteiger partial charge in [0.1, 0.15) is 4.34 Å². The van der Waals surface area contributed by atoms with Crippen LogP contribution in [0.2, 0.25) is 0 Å². The normalized spacial score (nSPS) is 15.1. The third-order valence-corrected chi connectivity index (χ3v) is 6.25. The second-order valence-electron chi connectivity index (χ2n) is 6.34. The van der Waals surface area contributed by atoms with E-state index in [1.54, 1.807) is 30.2 Å². The summed E-state index contributed by atoms with van der Waals surface area (Å²) >= 11 is 3.48. The van der Waals surface area contributed by atoms with Crippen LogP contribution >= 0.6 is 47.1 Å². The first-order chi connectivity index (χ1) is 13.7. The monoisotopic (exact) mass is 556 g/mol. The molecule has 1 aromatic rings. The fraction of sp³-hybridized carbons (Fsp3) is 0.722. The van der Waals surface area contributed by atoms with Crippen LogP contribution in [0.3, 0.4) is 0 Å². The van der Waals surface area contributed by atoms with Crippen LogP contribution in [-0.4, -0.2) is 98.5 Å². The number of aliphatic imine (C=N–C) groups is 1. The number of guanidine groups is 1. The van der Waals surface area contributed by atoms with Crippen LogP contribution in [0.25, 0.3) is 0 Å². The van der Waals surface area contributed by atoms with E-state index < -0.39 is 0 Å². The number of hydrogen-bond acceptors (Lipinski definition) is 7. The van der Waals surface area contributed by atoms with Crippen molar-refractivity contribution in [3.63, 3.8) is 0 Å². The molecule has 1 amide bonds. The fourth-order valence-electron chi connectivity index (χ4n) is 2.79. The predicted octanol–water partition coefficient (Wildman–Crippen LogP) is 1.59. The average molecular weight is 557 g/mol. The van der Waals surface area contributed by atoms with Gasteiger partial charge in [-0.2, -0.15) is 0 Å². The summed E-state index contributed by atoms with van der Waals surface area (Å²) in [5.41, 5.74) is 0. The molecular formula is C18H33IN6O2S2. The number of carbonyl (C=O) groups is 1. The van der Waals surface area contributed by atoms with Crippen molar-refractivity contribution in [3.8, 4) is 0 Å². The zero-order valence-corrected chi connectivity index (χ0v) is 21.2. The molecule has 0 radical (unpaired) electrons. The Morgan fingerprint density at radius 3 is 2.79 bits per heavy atom. The lowest BCUT2D eigenvalue weighted by Crippen LogP contribution is -2.54. The van der Waals surface area contributed by atoms with Crippen molar-refractivity contribution in [1.82, 2.24) is 25.4 Å². The maximum absolute atomic E-state index is 11.9. The van der Waals surface area contributed by atoms with Gasteiger partial charge in [0.15, 0.2) is 5.96 Å². The van der Waals surface area contributed by atoms with Crippen molar-refractivity contribution in [1.29, 1.82) is 0 Å². The summed E-state index contributed by atoms with van der Waals surface area (Å²) in [6.07, 6.45) is 2.87. The van der Waals surface area contributed by atoms with Crippen LogP contribution in [0.4, 0.5) is 0 Å². The number of thioether (sulfide) groups is 1. The molecule has 0 spiro atoms. The first-order valence-corrected chi connectivity index (χ1v) is 11.6. The van der Waals surface area contributed by atoms with Gasteiger partial charge in [-0.15, -0.1) is 35.3 Å². The second kappa shape index (κ2) is 16.1. The molecule has 2 N–H and O–H groups in total. The maximum atomic E-state index is 11.9. The SMILES string of the molecule is CCNC(=NCCCSc1nccs1)N1CCN(CC(=O)NCCOC)CC1.I. The smallest absolute Gasteiger partial charge is 0.234 e. The summed E-state index contributed by atoms with van der Waals surface area (Å²) < 4.78 is 6.08. The minimum atomic E-state index is 0. The van der Waals surface area contributed by atoms with E-state index in [9.17, 15) is 4.79 Å². The molecule has 0 bridgehead atoms. The molecule has 1 aromatic heterocycles. The molecule has 1 saturated heterocycles. The molecule has 1 aliphatic rings. The van der Waals surface area contributed by atoms with E-state index in [0.29, 0.717) is 19.7 Å². The fourth-order valence-corrected chi connectivity index (χ4v) is 4.42. The van der Waals surface area contributed by atoms with Crippen LogP contribution in [0, 0.1) is 0 Å². The number of aromatic nitrogens is 1. The van der Waals surface area contributed by atoms with Gasteiger partial charge in [-0.1, -0.05) is 11.8 Å². The topological polar surface area (TPSA) is 82.1 Å². The molecule has 0 aliphatic carbocycles. The lowest BCUT2D eigenvalue weighted by Gasteiger charge is -2.36. The number of methoxy groups -OCH3 is 1. The van der Waals surface area contributed by atoms with E-state index in [0.717, 1.165) is 61.7 Å². The van der Waals surface area contributed by atoms with Crippen LogP contribution < -0.4 is 10.6 Å². The molecule has 166 valence electrons. The molecule has 1 fully saturated rings. The summed E-state index contributed by atoms with van der Waals surface area (Å²) in [5.74, 6) is 2.07. The Morgan fingerprint density at radius 1 is 1.34 bits per heavy atom. The van der Waals surface area contributed by atoms with Gasteiger partial charge >= 0.3 is 0 Å². The minimum Gasteiger partial charge on any atom is -0.383 e. The first kappa shape index (κ1) is 26.4. The van der Waals surface area contributed by atoms with Crippen molar-refractivity contribution < 1.29 is 9.53 Å². The average Bonchev–Trinajstić information content (AvgIpc) is 3.21. The molecule has 0 aromatic carbocycles. The molecule has 0 atom stereocenters. The van der Waals surface area contributed by atoms with Crippen molar-refractivity contribution in [2.45, 2.75) is 17.7 Å². The third-order valence-electron chi connectivity index (χ3n) is 4.20. The summed E-state index contributed by atoms with van der Waals surface area (Å²) in [6.45, 7) is 8.79. The molecular weight excluding hydrogens is 523 g/mol. The molecule has 0 unspecified atom stereocenters. The first-order valence-electron chi connectivity index (χ1n) is 9.76.